The van der Waals surface area contributed by atoms with Gasteiger partial charge in [-0.3, -0.25) is 9.59 Å². The fourth-order valence-corrected chi connectivity index (χ4v) is 4.48. The summed E-state index contributed by atoms with van der Waals surface area (Å²) in [5.41, 5.74) is -0.528. The van der Waals surface area contributed by atoms with Crippen molar-refractivity contribution in [1.82, 2.24) is 15.2 Å². The lowest BCUT2D eigenvalue weighted by Gasteiger charge is -2.31. The monoisotopic (exact) mass is 517 g/mol. The number of carbonyl (C=O) groups is 3. The largest absolute Gasteiger partial charge is 0.489 e. The number of carbonyl (C=O) groups excluding carboxylic acids is 3. The number of likely N-dealkylation sites (tertiary alicyclic amines) is 1. The van der Waals surface area contributed by atoms with E-state index in [1.54, 1.807) is 19.1 Å². The summed E-state index contributed by atoms with van der Waals surface area (Å²) in [6.45, 7) is 0.589. The summed E-state index contributed by atoms with van der Waals surface area (Å²) in [7, 11) is 1.46. The van der Waals surface area contributed by atoms with E-state index in [2.05, 4.69) is 15.0 Å². The molecule has 2 atom stereocenters. The molecule has 1 saturated carbocycles. The maximum Gasteiger partial charge on any atom is 0.387 e. The summed E-state index contributed by atoms with van der Waals surface area (Å²) in [5, 5.41) is 2.45. The lowest BCUT2D eigenvalue weighted by molar-refractivity contribution is -0.152. The minimum absolute atomic E-state index is 0.0648. The van der Waals surface area contributed by atoms with Crippen molar-refractivity contribution in [3.63, 3.8) is 0 Å². The number of rotatable bonds is 9. The highest BCUT2D eigenvalue weighted by Crippen LogP contribution is 2.43. The fourth-order valence-electron chi connectivity index (χ4n) is 4.48. The Hall–Kier alpha value is -3.76. The van der Waals surface area contributed by atoms with Gasteiger partial charge in [-0.2, -0.15) is 8.78 Å². The van der Waals surface area contributed by atoms with Crippen LogP contribution in [0.15, 0.2) is 36.4 Å². The molecule has 1 saturated heterocycles. The van der Waals surface area contributed by atoms with Gasteiger partial charge in [-0.25, -0.2) is 9.78 Å². The van der Waals surface area contributed by atoms with Gasteiger partial charge in [0.2, 0.25) is 11.8 Å². The number of pyridine rings is 1. The average molecular weight is 518 g/mol. The average Bonchev–Trinajstić information content (AvgIpc) is 3.62. The molecule has 1 aromatic heterocycles. The van der Waals surface area contributed by atoms with E-state index in [-0.39, 0.29) is 47.9 Å². The predicted molar refractivity (Wildman–Crippen MR) is 128 cm³/mol. The molecule has 1 aliphatic heterocycles. The number of nitrogens with zero attached hydrogens (tertiary/aromatic N) is 2. The molecule has 2 aliphatic rings. The fraction of sp³-hybridized carbons (Fsp3) is 0.462. The highest BCUT2D eigenvalue weighted by molar-refractivity contribution is 5.92. The number of ether oxygens (including phenoxy) is 3. The molecule has 37 heavy (non-hydrogen) atoms. The van der Waals surface area contributed by atoms with Crippen LogP contribution in [0.2, 0.25) is 0 Å². The van der Waals surface area contributed by atoms with Crippen LogP contribution >= 0.6 is 0 Å². The maximum absolute atomic E-state index is 13.3. The van der Waals surface area contributed by atoms with Gasteiger partial charge in [-0.05, 0) is 55.9 Å². The first kappa shape index (κ1) is 26.3. The molecule has 0 spiro atoms. The van der Waals surface area contributed by atoms with Crippen molar-refractivity contribution in [3.8, 4) is 17.4 Å². The van der Waals surface area contributed by atoms with Gasteiger partial charge in [0.25, 0.3) is 5.91 Å². The first-order chi connectivity index (χ1) is 17.6. The summed E-state index contributed by atoms with van der Waals surface area (Å²) in [6, 6.07) is 9.16. The molecule has 4 rings (SSSR count). The molecular formula is C26H29F2N3O6. The molecule has 198 valence electrons. The van der Waals surface area contributed by atoms with Crippen LogP contribution in [0.3, 0.4) is 0 Å². The Balaban J connectivity index is 1.56. The number of alkyl halides is 2. The van der Waals surface area contributed by atoms with Gasteiger partial charge in [0.05, 0.1) is 6.61 Å². The van der Waals surface area contributed by atoms with Crippen LogP contribution in [0.1, 0.15) is 55.1 Å². The quantitative estimate of drug-likeness (QED) is 0.507. The standard InChI is InChI=1S/C26H29F2N3O6/c1-15(32)31-13-18(17-9-10-20(36-25(27)28)21(11-17)35-14-16-7-8-16)12-26(31,2)24(34)37-22-6-4-5-19(30-22)23(33)29-3/h4-6,9-11,16,18,25H,7-8,12-14H2,1-3H3,(H,29,33)/t18-,26-/m1/s1. The third-order valence-corrected chi connectivity index (χ3v) is 6.67. The first-order valence-corrected chi connectivity index (χ1v) is 12.0. The van der Waals surface area contributed by atoms with Crippen molar-refractivity contribution in [2.24, 2.45) is 5.92 Å². The second-order valence-corrected chi connectivity index (χ2v) is 9.47. The molecule has 11 heteroatoms. The highest BCUT2D eigenvalue weighted by atomic mass is 19.3. The van der Waals surface area contributed by atoms with Gasteiger partial charge in [0, 0.05) is 32.5 Å². The zero-order valence-electron chi connectivity index (χ0n) is 20.8. The van der Waals surface area contributed by atoms with Crippen LogP contribution in [0.25, 0.3) is 0 Å². The Morgan fingerprint density at radius 2 is 1.95 bits per heavy atom. The Bertz CT molecular complexity index is 1190. The Morgan fingerprint density at radius 1 is 1.19 bits per heavy atom. The molecule has 2 heterocycles. The maximum atomic E-state index is 13.3. The van der Waals surface area contributed by atoms with E-state index in [4.69, 9.17) is 9.47 Å². The third-order valence-electron chi connectivity index (χ3n) is 6.67. The Labute approximate surface area is 213 Å². The number of amides is 2. The second-order valence-electron chi connectivity index (χ2n) is 9.47. The molecule has 0 unspecified atom stereocenters. The number of nitrogens with one attached hydrogen (secondary N) is 1. The van der Waals surface area contributed by atoms with Crippen LogP contribution in [-0.2, 0) is 9.59 Å². The zero-order valence-corrected chi connectivity index (χ0v) is 20.8. The lowest BCUT2D eigenvalue weighted by atomic mass is 9.89. The topological polar surface area (TPSA) is 107 Å². The van der Waals surface area contributed by atoms with E-state index in [0.717, 1.165) is 18.4 Å². The van der Waals surface area contributed by atoms with E-state index in [1.165, 1.54) is 43.1 Å². The van der Waals surface area contributed by atoms with Crippen molar-refractivity contribution >= 4 is 17.8 Å². The van der Waals surface area contributed by atoms with Crippen LogP contribution < -0.4 is 19.5 Å². The summed E-state index contributed by atoms with van der Waals surface area (Å²) in [4.78, 5) is 43.2. The van der Waals surface area contributed by atoms with Gasteiger partial charge >= 0.3 is 12.6 Å². The Morgan fingerprint density at radius 3 is 2.59 bits per heavy atom. The summed E-state index contributed by atoms with van der Waals surface area (Å²) in [5.74, 6) is -1.29. The van der Waals surface area contributed by atoms with E-state index >= 15 is 0 Å². The normalized spacial score (nSPS) is 21.0. The van der Waals surface area contributed by atoms with Gasteiger partial charge in [0.1, 0.15) is 11.2 Å². The first-order valence-electron chi connectivity index (χ1n) is 12.0. The molecule has 0 bridgehead atoms. The van der Waals surface area contributed by atoms with Crippen molar-refractivity contribution < 1.29 is 37.4 Å². The van der Waals surface area contributed by atoms with Crippen molar-refractivity contribution in [2.75, 3.05) is 20.2 Å². The van der Waals surface area contributed by atoms with E-state index in [1.807, 2.05) is 0 Å². The van der Waals surface area contributed by atoms with E-state index < -0.39 is 24.0 Å². The van der Waals surface area contributed by atoms with Crippen LogP contribution in [-0.4, -0.2) is 60.0 Å². The van der Waals surface area contributed by atoms with Crippen LogP contribution in [0.4, 0.5) is 8.78 Å². The molecule has 1 aliphatic carbocycles. The summed E-state index contributed by atoms with van der Waals surface area (Å²) >= 11 is 0. The molecule has 0 radical (unpaired) electrons. The number of benzene rings is 1. The minimum atomic E-state index is -3.00. The van der Waals surface area contributed by atoms with E-state index in [0.29, 0.717) is 12.5 Å². The molecular weight excluding hydrogens is 488 g/mol. The summed E-state index contributed by atoms with van der Waals surface area (Å²) in [6.07, 6.45) is 2.28. The predicted octanol–water partition coefficient (Wildman–Crippen LogP) is 3.53. The molecule has 2 amide bonds. The summed E-state index contributed by atoms with van der Waals surface area (Å²) < 4.78 is 41.7. The van der Waals surface area contributed by atoms with E-state index in [9.17, 15) is 23.2 Å². The molecule has 1 N–H and O–H groups in total. The van der Waals surface area contributed by atoms with Gasteiger partial charge in [-0.15, -0.1) is 0 Å². The highest BCUT2D eigenvalue weighted by Gasteiger charge is 2.51. The SMILES string of the molecule is CNC(=O)c1cccc(OC(=O)[C@@]2(C)C[C@@H](c3ccc(OC(F)F)c(OCC4CC4)c3)CN2C(C)=O)n1. The van der Waals surface area contributed by atoms with Crippen molar-refractivity contribution in [3.05, 3.63) is 47.7 Å². The number of esters is 1. The van der Waals surface area contributed by atoms with Crippen LogP contribution in [0, 0.1) is 5.92 Å². The third kappa shape index (κ3) is 5.98. The van der Waals surface area contributed by atoms with Gasteiger partial charge in [-0.1, -0.05) is 12.1 Å². The second kappa shape index (κ2) is 10.7. The number of aromatic nitrogens is 1. The number of halogens is 2. The zero-order chi connectivity index (χ0) is 26.7. The van der Waals surface area contributed by atoms with Crippen LogP contribution in [0.5, 0.6) is 17.4 Å². The Kier molecular flexibility index (Phi) is 7.60. The van der Waals surface area contributed by atoms with Crippen molar-refractivity contribution in [1.29, 1.82) is 0 Å². The van der Waals surface area contributed by atoms with Gasteiger partial charge < -0.3 is 24.4 Å². The molecule has 2 aromatic rings. The number of hydrogen-bond donors (Lipinski definition) is 1. The number of hydrogen-bond acceptors (Lipinski definition) is 7. The van der Waals surface area contributed by atoms with Crippen molar-refractivity contribution in [2.45, 2.75) is 51.2 Å². The minimum Gasteiger partial charge on any atom is -0.489 e. The molecule has 9 nitrogen and oxygen atoms in total. The van der Waals surface area contributed by atoms with Gasteiger partial charge in [0.15, 0.2) is 11.5 Å². The molecule has 2 fully saturated rings. The molecule has 1 aromatic carbocycles. The lowest BCUT2D eigenvalue weighted by Crippen LogP contribution is -2.52. The smallest absolute Gasteiger partial charge is 0.387 e.